The van der Waals surface area contributed by atoms with Crippen molar-refractivity contribution in [2.75, 3.05) is 18.0 Å². The number of H-pyrrole nitrogens is 1. The van der Waals surface area contributed by atoms with Crippen molar-refractivity contribution < 1.29 is 5.11 Å². The van der Waals surface area contributed by atoms with Crippen molar-refractivity contribution in [1.29, 1.82) is 0 Å². The molecule has 1 aliphatic heterocycles. The average molecular weight is 253 g/mol. The van der Waals surface area contributed by atoms with Gasteiger partial charge < -0.3 is 10.0 Å². The largest absolute Gasteiger partial charge is 0.391 e. The van der Waals surface area contributed by atoms with Crippen LogP contribution in [0.15, 0.2) is 12.3 Å². The van der Waals surface area contributed by atoms with Gasteiger partial charge in [-0.25, -0.2) is 4.98 Å². The lowest BCUT2D eigenvalue weighted by molar-refractivity contribution is 0.157. The molecule has 1 aliphatic rings. The second kappa shape index (κ2) is 3.85. The fourth-order valence-electron chi connectivity index (χ4n) is 2.24. The highest BCUT2D eigenvalue weighted by atomic mass is 35.5. The third-order valence-electron chi connectivity index (χ3n) is 3.27. The monoisotopic (exact) mass is 252 g/mol. The van der Waals surface area contributed by atoms with E-state index >= 15 is 0 Å². The molecule has 3 heterocycles. The van der Waals surface area contributed by atoms with E-state index in [1.54, 1.807) is 12.3 Å². The van der Waals surface area contributed by atoms with Crippen molar-refractivity contribution in [3.8, 4) is 0 Å². The van der Waals surface area contributed by atoms with Gasteiger partial charge in [-0.3, -0.25) is 5.10 Å². The van der Waals surface area contributed by atoms with Gasteiger partial charge in [0.05, 0.1) is 17.0 Å². The van der Waals surface area contributed by atoms with Gasteiger partial charge in [0.2, 0.25) is 0 Å². The van der Waals surface area contributed by atoms with Crippen molar-refractivity contribution in [3.63, 3.8) is 0 Å². The molecule has 2 atom stereocenters. The Balaban J connectivity index is 2.01. The van der Waals surface area contributed by atoms with Crippen LogP contribution < -0.4 is 4.90 Å². The van der Waals surface area contributed by atoms with Crippen LogP contribution in [0.5, 0.6) is 0 Å². The maximum Gasteiger partial charge on any atom is 0.159 e. The Morgan fingerprint density at radius 2 is 2.35 bits per heavy atom. The Labute approximate surface area is 103 Å². The number of anilines is 1. The molecule has 0 aliphatic carbocycles. The highest BCUT2D eigenvalue weighted by Gasteiger charge is 2.30. The first-order valence-electron chi connectivity index (χ1n) is 5.58. The molecule has 0 radical (unpaired) electrons. The molecular weight excluding hydrogens is 240 g/mol. The molecule has 0 amide bonds. The third kappa shape index (κ3) is 1.75. The van der Waals surface area contributed by atoms with E-state index in [-0.39, 0.29) is 12.0 Å². The van der Waals surface area contributed by atoms with Crippen molar-refractivity contribution in [3.05, 3.63) is 17.4 Å². The number of rotatable bonds is 1. The van der Waals surface area contributed by atoms with E-state index in [9.17, 15) is 5.11 Å². The van der Waals surface area contributed by atoms with E-state index < -0.39 is 0 Å². The average Bonchev–Trinajstić information content (AvgIpc) is 2.83. The predicted molar refractivity (Wildman–Crippen MR) is 66.3 cm³/mol. The molecule has 2 N–H and O–H groups in total. The molecule has 2 unspecified atom stereocenters. The number of fused-ring (bicyclic) bond motifs is 1. The molecule has 0 aromatic carbocycles. The molecule has 0 spiro atoms. The van der Waals surface area contributed by atoms with Gasteiger partial charge in [0.25, 0.3) is 0 Å². The number of halogens is 1. The molecule has 90 valence electrons. The Morgan fingerprint density at radius 3 is 3.06 bits per heavy atom. The summed E-state index contributed by atoms with van der Waals surface area (Å²) < 4.78 is 0. The SMILES string of the molecule is CC1CN(c2n[nH]c3cc(Cl)ncc23)CC1O. The van der Waals surface area contributed by atoms with Crippen LogP contribution in [-0.4, -0.2) is 39.5 Å². The molecular formula is C11H13ClN4O. The molecule has 5 nitrogen and oxygen atoms in total. The van der Waals surface area contributed by atoms with Crippen molar-refractivity contribution in [1.82, 2.24) is 15.2 Å². The topological polar surface area (TPSA) is 65.0 Å². The molecule has 2 aromatic rings. The highest BCUT2D eigenvalue weighted by Crippen LogP contribution is 2.29. The van der Waals surface area contributed by atoms with Gasteiger partial charge in [0.1, 0.15) is 5.15 Å². The summed E-state index contributed by atoms with van der Waals surface area (Å²) in [6.45, 7) is 3.46. The summed E-state index contributed by atoms with van der Waals surface area (Å²) in [4.78, 5) is 6.14. The number of pyridine rings is 1. The second-order valence-electron chi connectivity index (χ2n) is 4.55. The minimum atomic E-state index is -0.290. The number of nitrogens with one attached hydrogen (secondary N) is 1. The number of aromatic amines is 1. The van der Waals surface area contributed by atoms with Crippen LogP contribution in [0.1, 0.15) is 6.92 Å². The summed E-state index contributed by atoms with van der Waals surface area (Å²) in [6.07, 6.45) is 1.42. The maximum absolute atomic E-state index is 9.77. The van der Waals surface area contributed by atoms with Crippen LogP contribution in [0.25, 0.3) is 10.9 Å². The number of hydrogen-bond donors (Lipinski definition) is 2. The van der Waals surface area contributed by atoms with E-state index in [4.69, 9.17) is 11.6 Å². The Morgan fingerprint density at radius 1 is 1.53 bits per heavy atom. The lowest BCUT2D eigenvalue weighted by atomic mass is 10.1. The van der Waals surface area contributed by atoms with Gasteiger partial charge in [-0.2, -0.15) is 5.10 Å². The molecule has 0 bridgehead atoms. The molecule has 0 saturated carbocycles. The zero-order valence-electron chi connectivity index (χ0n) is 9.39. The Kier molecular flexibility index (Phi) is 2.45. The highest BCUT2D eigenvalue weighted by molar-refractivity contribution is 6.30. The van der Waals surface area contributed by atoms with Gasteiger partial charge >= 0.3 is 0 Å². The fraction of sp³-hybridized carbons (Fsp3) is 0.455. The lowest BCUT2D eigenvalue weighted by Crippen LogP contribution is -2.21. The van der Waals surface area contributed by atoms with Crippen LogP contribution in [0.3, 0.4) is 0 Å². The van der Waals surface area contributed by atoms with Crippen LogP contribution in [0.4, 0.5) is 5.82 Å². The van der Waals surface area contributed by atoms with Crippen LogP contribution in [0, 0.1) is 5.92 Å². The Hall–Kier alpha value is -1.33. The fourth-order valence-corrected chi connectivity index (χ4v) is 2.40. The molecule has 17 heavy (non-hydrogen) atoms. The van der Waals surface area contributed by atoms with Crippen molar-refractivity contribution in [2.24, 2.45) is 5.92 Å². The standard InChI is InChI=1S/C11H13ClN4O/c1-6-4-16(5-9(6)17)11-7-3-13-10(12)2-8(7)14-15-11/h2-3,6,9,17H,4-5H2,1H3,(H,14,15). The van der Waals surface area contributed by atoms with E-state index in [0.717, 1.165) is 23.3 Å². The Bertz CT molecular complexity index is 545. The first-order chi connectivity index (χ1) is 8.15. The van der Waals surface area contributed by atoms with Gasteiger partial charge in [-0.1, -0.05) is 18.5 Å². The van der Waals surface area contributed by atoms with Crippen molar-refractivity contribution in [2.45, 2.75) is 13.0 Å². The number of hydrogen-bond acceptors (Lipinski definition) is 4. The van der Waals surface area contributed by atoms with E-state index in [0.29, 0.717) is 11.7 Å². The zero-order valence-corrected chi connectivity index (χ0v) is 10.1. The number of nitrogens with zero attached hydrogens (tertiary/aromatic N) is 3. The van der Waals surface area contributed by atoms with Gasteiger partial charge in [-0.05, 0) is 0 Å². The van der Waals surface area contributed by atoms with E-state index in [2.05, 4.69) is 20.1 Å². The minimum absolute atomic E-state index is 0.266. The van der Waals surface area contributed by atoms with Gasteiger partial charge in [0, 0.05) is 31.3 Å². The zero-order chi connectivity index (χ0) is 12.0. The summed E-state index contributed by atoms with van der Waals surface area (Å²) in [7, 11) is 0. The normalized spacial score (nSPS) is 24.8. The van der Waals surface area contributed by atoms with Crippen LogP contribution >= 0.6 is 11.6 Å². The predicted octanol–water partition coefficient (Wildman–Crippen LogP) is 1.43. The van der Waals surface area contributed by atoms with Gasteiger partial charge in [0.15, 0.2) is 5.82 Å². The number of aliphatic hydroxyl groups is 1. The molecule has 2 aromatic heterocycles. The summed E-state index contributed by atoms with van der Waals surface area (Å²) in [5.41, 5.74) is 0.869. The van der Waals surface area contributed by atoms with Crippen LogP contribution in [0.2, 0.25) is 5.15 Å². The molecule has 3 rings (SSSR count). The summed E-state index contributed by atoms with van der Waals surface area (Å²) >= 11 is 5.82. The summed E-state index contributed by atoms with van der Waals surface area (Å²) in [5.74, 6) is 1.11. The maximum atomic E-state index is 9.77. The minimum Gasteiger partial charge on any atom is -0.391 e. The van der Waals surface area contributed by atoms with Crippen molar-refractivity contribution >= 4 is 28.3 Å². The first-order valence-corrected chi connectivity index (χ1v) is 5.95. The number of β-amino-alcohol motifs (C(OH)–C–C–N with tert-alkyl or cyclic N) is 1. The van der Waals surface area contributed by atoms with Crippen LogP contribution in [-0.2, 0) is 0 Å². The quantitative estimate of drug-likeness (QED) is 0.754. The summed E-state index contributed by atoms with van der Waals surface area (Å²) in [6, 6.07) is 1.75. The molecule has 6 heteroatoms. The van der Waals surface area contributed by atoms with E-state index in [1.165, 1.54) is 0 Å². The summed E-state index contributed by atoms with van der Waals surface area (Å²) in [5, 5.41) is 18.4. The number of aromatic nitrogens is 3. The second-order valence-corrected chi connectivity index (χ2v) is 4.94. The molecule has 1 fully saturated rings. The first kappa shape index (κ1) is 10.8. The van der Waals surface area contributed by atoms with E-state index in [1.807, 2.05) is 6.92 Å². The molecule has 1 saturated heterocycles. The lowest BCUT2D eigenvalue weighted by Gasteiger charge is -2.14. The smallest absolute Gasteiger partial charge is 0.159 e. The number of aliphatic hydroxyl groups excluding tert-OH is 1. The van der Waals surface area contributed by atoms with Gasteiger partial charge in [-0.15, -0.1) is 0 Å². The third-order valence-corrected chi connectivity index (χ3v) is 3.47.